The quantitative estimate of drug-likeness (QED) is 0.819. The van der Waals surface area contributed by atoms with E-state index in [4.69, 9.17) is 9.84 Å². The fraction of sp³-hybridized carbons (Fsp3) is 0.500. The van der Waals surface area contributed by atoms with Crippen LogP contribution in [0.25, 0.3) is 0 Å². The maximum Gasteiger partial charge on any atom is 0.360 e. The van der Waals surface area contributed by atoms with E-state index in [1.54, 1.807) is 0 Å². The zero-order valence-corrected chi connectivity index (χ0v) is 9.02. The summed E-state index contributed by atoms with van der Waals surface area (Å²) in [6.07, 6.45) is 3.49. The van der Waals surface area contributed by atoms with Crippen molar-refractivity contribution in [2.45, 2.75) is 32.8 Å². The number of carboxylic acids is 1. The van der Waals surface area contributed by atoms with Gasteiger partial charge in [-0.25, -0.2) is 14.8 Å². The molecule has 0 radical (unpaired) electrons. The predicted molar refractivity (Wildman–Crippen MR) is 54.0 cm³/mol. The molecule has 0 aliphatic rings. The molecule has 0 saturated heterocycles. The van der Waals surface area contributed by atoms with Gasteiger partial charge in [0.1, 0.15) is 5.60 Å². The second kappa shape index (κ2) is 4.25. The number of rotatable bonds is 4. The average Bonchev–Trinajstić information content (AvgIpc) is 2.18. The Hall–Kier alpha value is -1.65. The van der Waals surface area contributed by atoms with Gasteiger partial charge in [0.25, 0.3) is 0 Å². The lowest BCUT2D eigenvalue weighted by molar-refractivity contribution is 0.0654. The Morgan fingerprint density at radius 1 is 1.47 bits per heavy atom. The monoisotopic (exact) mass is 210 g/mol. The Bertz CT molecular complexity index is 363. The molecule has 0 spiro atoms. The first kappa shape index (κ1) is 11.4. The lowest BCUT2D eigenvalue weighted by Crippen LogP contribution is -2.28. The zero-order valence-electron chi connectivity index (χ0n) is 9.02. The van der Waals surface area contributed by atoms with Crippen molar-refractivity contribution in [3.05, 3.63) is 18.1 Å². The number of hydrogen-bond donors (Lipinski definition) is 1. The number of hydrogen-bond acceptors (Lipinski definition) is 4. The number of carboxylic acid groups (broad SMARTS) is 1. The molecule has 5 heteroatoms. The number of ether oxygens (including phenoxy) is 1. The molecule has 1 aromatic rings. The van der Waals surface area contributed by atoms with Crippen LogP contribution in [0.3, 0.4) is 0 Å². The Kier molecular flexibility index (Phi) is 3.24. The summed E-state index contributed by atoms with van der Waals surface area (Å²) in [7, 11) is 0. The summed E-state index contributed by atoms with van der Waals surface area (Å²) < 4.78 is 5.49. The van der Waals surface area contributed by atoms with Gasteiger partial charge in [-0.2, -0.15) is 0 Å². The predicted octanol–water partition coefficient (Wildman–Crippen LogP) is 1.74. The second-order valence-corrected chi connectivity index (χ2v) is 3.73. The number of aromatic nitrogens is 2. The molecule has 0 unspecified atom stereocenters. The van der Waals surface area contributed by atoms with E-state index in [-0.39, 0.29) is 11.6 Å². The number of aromatic carboxylic acids is 1. The molecular weight excluding hydrogens is 196 g/mol. The molecule has 1 N–H and O–H groups in total. The van der Waals surface area contributed by atoms with Crippen molar-refractivity contribution in [2.24, 2.45) is 0 Å². The van der Waals surface area contributed by atoms with Gasteiger partial charge in [0, 0.05) is 12.4 Å². The smallest absolute Gasteiger partial charge is 0.360 e. The highest BCUT2D eigenvalue weighted by atomic mass is 16.5. The summed E-state index contributed by atoms with van der Waals surface area (Å²) in [5.74, 6) is -1.07. The van der Waals surface area contributed by atoms with Gasteiger partial charge in [-0.1, -0.05) is 6.92 Å². The summed E-state index contributed by atoms with van der Waals surface area (Å²) in [4.78, 5) is 18.4. The second-order valence-electron chi connectivity index (χ2n) is 3.73. The standard InChI is InChI=1S/C10H14N2O3/c1-4-10(2,3)15-8-7(9(13)14)11-5-6-12-8/h5-6H,4H2,1-3H3,(H,13,14). The van der Waals surface area contributed by atoms with Gasteiger partial charge in [-0.05, 0) is 20.3 Å². The molecule has 5 nitrogen and oxygen atoms in total. The van der Waals surface area contributed by atoms with E-state index in [0.717, 1.165) is 6.42 Å². The van der Waals surface area contributed by atoms with Crippen molar-refractivity contribution < 1.29 is 14.6 Å². The van der Waals surface area contributed by atoms with E-state index in [9.17, 15) is 4.79 Å². The molecular formula is C10H14N2O3. The van der Waals surface area contributed by atoms with Crippen LogP contribution in [0.5, 0.6) is 5.88 Å². The minimum Gasteiger partial charge on any atom is -0.476 e. The van der Waals surface area contributed by atoms with Crippen LogP contribution in [0.1, 0.15) is 37.7 Å². The van der Waals surface area contributed by atoms with Crippen LogP contribution in [0.4, 0.5) is 0 Å². The summed E-state index contributed by atoms with van der Waals surface area (Å²) in [6.45, 7) is 5.69. The van der Waals surface area contributed by atoms with Gasteiger partial charge in [0.15, 0.2) is 0 Å². The van der Waals surface area contributed by atoms with Crippen molar-refractivity contribution in [3.8, 4) is 5.88 Å². The molecule has 15 heavy (non-hydrogen) atoms. The van der Waals surface area contributed by atoms with E-state index >= 15 is 0 Å². The molecule has 0 fully saturated rings. The van der Waals surface area contributed by atoms with E-state index in [0.29, 0.717) is 0 Å². The van der Waals surface area contributed by atoms with E-state index in [1.807, 2.05) is 20.8 Å². The van der Waals surface area contributed by atoms with E-state index in [2.05, 4.69) is 9.97 Å². The minimum absolute atomic E-state index is 0.0665. The minimum atomic E-state index is -1.13. The first-order valence-corrected chi connectivity index (χ1v) is 4.69. The fourth-order valence-corrected chi connectivity index (χ4v) is 0.881. The first-order chi connectivity index (χ1) is 6.96. The zero-order chi connectivity index (χ0) is 11.5. The SMILES string of the molecule is CCC(C)(C)Oc1nccnc1C(=O)O. The largest absolute Gasteiger partial charge is 0.476 e. The first-order valence-electron chi connectivity index (χ1n) is 4.69. The molecule has 0 bridgehead atoms. The highest BCUT2D eigenvalue weighted by Crippen LogP contribution is 2.20. The molecule has 0 aliphatic carbocycles. The molecule has 1 rings (SSSR count). The van der Waals surface area contributed by atoms with Gasteiger partial charge >= 0.3 is 5.97 Å². The maximum atomic E-state index is 10.8. The third kappa shape index (κ3) is 2.90. The summed E-state index contributed by atoms with van der Waals surface area (Å²) in [5.41, 5.74) is -0.598. The van der Waals surface area contributed by atoms with E-state index < -0.39 is 11.6 Å². The maximum absolute atomic E-state index is 10.8. The molecule has 1 aromatic heterocycles. The third-order valence-electron chi connectivity index (χ3n) is 2.09. The van der Waals surface area contributed by atoms with Gasteiger partial charge in [0.2, 0.25) is 11.6 Å². The number of carbonyl (C=O) groups is 1. The van der Waals surface area contributed by atoms with E-state index in [1.165, 1.54) is 12.4 Å². The van der Waals surface area contributed by atoms with Gasteiger partial charge in [-0.15, -0.1) is 0 Å². The summed E-state index contributed by atoms with van der Waals surface area (Å²) in [5, 5.41) is 8.85. The molecule has 82 valence electrons. The van der Waals surface area contributed by atoms with Crippen LogP contribution in [0.15, 0.2) is 12.4 Å². The Balaban J connectivity index is 2.99. The van der Waals surface area contributed by atoms with Crippen molar-refractivity contribution in [1.82, 2.24) is 9.97 Å². The molecule has 0 aliphatic heterocycles. The van der Waals surface area contributed by atoms with Crippen LogP contribution >= 0.6 is 0 Å². The fourth-order valence-electron chi connectivity index (χ4n) is 0.881. The Morgan fingerprint density at radius 3 is 2.60 bits per heavy atom. The Morgan fingerprint density at radius 2 is 2.07 bits per heavy atom. The van der Waals surface area contributed by atoms with Crippen LogP contribution < -0.4 is 4.74 Å². The lowest BCUT2D eigenvalue weighted by Gasteiger charge is -2.24. The highest BCUT2D eigenvalue weighted by molar-refractivity contribution is 5.87. The number of nitrogens with zero attached hydrogens (tertiary/aromatic N) is 2. The van der Waals surface area contributed by atoms with Crippen LogP contribution in [-0.4, -0.2) is 26.6 Å². The average molecular weight is 210 g/mol. The topological polar surface area (TPSA) is 72.3 Å². The normalized spacial score (nSPS) is 11.1. The molecule has 0 atom stereocenters. The summed E-state index contributed by atoms with van der Waals surface area (Å²) >= 11 is 0. The third-order valence-corrected chi connectivity index (χ3v) is 2.09. The van der Waals surface area contributed by atoms with Gasteiger partial charge in [0.05, 0.1) is 0 Å². The van der Waals surface area contributed by atoms with Crippen LogP contribution in [0, 0.1) is 0 Å². The van der Waals surface area contributed by atoms with Crippen molar-refractivity contribution >= 4 is 5.97 Å². The molecule has 1 heterocycles. The molecule has 0 aromatic carbocycles. The van der Waals surface area contributed by atoms with Crippen molar-refractivity contribution in [3.63, 3.8) is 0 Å². The Labute approximate surface area is 88.1 Å². The van der Waals surface area contributed by atoms with Crippen molar-refractivity contribution in [2.75, 3.05) is 0 Å². The lowest BCUT2D eigenvalue weighted by atomic mass is 10.1. The van der Waals surface area contributed by atoms with Gasteiger partial charge < -0.3 is 9.84 Å². The van der Waals surface area contributed by atoms with Crippen LogP contribution in [-0.2, 0) is 0 Å². The molecule has 0 amide bonds. The highest BCUT2D eigenvalue weighted by Gasteiger charge is 2.22. The van der Waals surface area contributed by atoms with Gasteiger partial charge in [-0.3, -0.25) is 0 Å². The summed E-state index contributed by atoms with van der Waals surface area (Å²) in [6, 6.07) is 0. The molecule has 0 saturated carbocycles. The van der Waals surface area contributed by atoms with Crippen LogP contribution in [0.2, 0.25) is 0 Å². The van der Waals surface area contributed by atoms with Crippen molar-refractivity contribution in [1.29, 1.82) is 0 Å².